The van der Waals surface area contributed by atoms with Crippen molar-refractivity contribution in [2.45, 2.75) is 45.4 Å². The Labute approximate surface area is 132 Å². The van der Waals surface area contributed by atoms with E-state index in [-0.39, 0.29) is 5.91 Å². The number of hydrogen-bond donors (Lipinski definition) is 1. The van der Waals surface area contributed by atoms with Crippen molar-refractivity contribution in [1.82, 2.24) is 5.43 Å². The third kappa shape index (κ3) is 6.61. The first-order valence-electron chi connectivity index (χ1n) is 7.75. The van der Waals surface area contributed by atoms with Crippen molar-refractivity contribution >= 4 is 12.1 Å². The molecule has 0 heterocycles. The van der Waals surface area contributed by atoms with Crippen LogP contribution < -0.4 is 14.9 Å². The zero-order valence-electron chi connectivity index (χ0n) is 13.7. The second kappa shape index (κ2) is 10.7. The molecule has 0 saturated carbocycles. The van der Waals surface area contributed by atoms with Gasteiger partial charge >= 0.3 is 0 Å². The second-order valence-corrected chi connectivity index (χ2v) is 5.07. The van der Waals surface area contributed by atoms with Crippen LogP contribution in [0.4, 0.5) is 0 Å². The summed E-state index contributed by atoms with van der Waals surface area (Å²) >= 11 is 0. The van der Waals surface area contributed by atoms with E-state index in [4.69, 9.17) is 9.47 Å². The molecule has 0 aliphatic heterocycles. The van der Waals surface area contributed by atoms with Crippen LogP contribution in [0.3, 0.4) is 0 Å². The van der Waals surface area contributed by atoms with E-state index in [2.05, 4.69) is 17.5 Å². The van der Waals surface area contributed by atoms with Gasteiger partial charge in [-0.1, -0.05) is 32.6 Å². The number of carbonyl (C=O) groups is 1. The predicted octanol–water partition coefficient (Wildman–Crippen LogP) is 3.51. The number of rotatable bonds is 10. The molecule has 0 saturated heterocycles. The van der Waals surface area contributed by atoms with Crippen LogP contribution in [0.1, 0.15) is 51.0 Å². The summed E-state index contributed by atoms with van der Waals surface area (Å²) in [4.78, 5) is 11.6. The lowest BCUT2D eigenvalue weighted by molar-refractivity contribution is -0.121. The van der Waals surface area contributed by atoms with Gasteiger partial charge in [0.2, 0.25) is 5.91 Å². The smallest absolute Gasteiger partial charge is 0.240 e. The Morgan fingerprint density at radius 1 is 1.18 bits per heavy atom. The Morgan fingerprint density at radius 3 is 2.64 bits per heavy atom. The lowest BCUT2D eigenvalue weighted by atomic mass is 10.1. The largest absolute Gasteiger partial charge is 0.497 e. The number of nitrogens with zero attached hydrogens (tertiary/aromatic N) is 1. The van der Waals surface area contributed by atoms with Crippen molar-refractivity contribution in [3.8, 4) is 11.5 Å². The van der Waals surface area contributed by atoms with Crippen molar-refractivity contribution in [3.05, 3.63) is 23.8 Å². The maximum atomic E-state index is 11.6. The van der Waals surface area contributed by atoms with E-state index in [1.807, 2.05) is 12.1 Å². The van der Waals surface area contributed by atoms with Gasteiger partial charge in [-0.25, -0.2) is 5.43 Å². The zero-order valence-corrected chi connectivity index (χ0v) is 13.7. The van der Waals surface area contributed by atoms with Gasteiger partial charge in [-0.2, -0.15) is 5.10 Å². The highest BCUT2D eigenvalue weighted by Crippen LogP contribution is 2.22. The molecule has 0 aliphatic carbocycles. The molecule has 1 aromatic carbocycles. The van der Waals surface area contributed by atoms with Crippen LogP contribution >= 0.6 is 0 Å². The first kappa shape index (κ1) is 18.0. The fourth-order valence-corrected chi connectivity index (χ4v) is 2.04. The van der Waals surface area contributed by atoms with Gasteiger partial charge in [-0.15, -0.1) is 0 Å². The molecular formula is C17H26N2O3. The van der Waals surface area contributed by atoms with E-state index in [1.165, 1.54) is 19.3 Å². The minimum absolute atomic E-state index is 0.0553. The van der Waals surface area contributed by atoms with Gasteiger partial charge in [0, 0.05) is 18.1 Å². The van der Waals surface area contributed by atoms with Gasteiger partial charge in [0.05, 0.1) is 20.4 Å². The van der Waals surface area contributed by atoms with Gasteiger partial charge in [0.25, 0.3) is 0 Å². The Hall–Kier alpha value is -2.04. The summed E-state index contributed by atoms with van der Waals surface area (Å²) in [5, 5.41) is 3.98. The lowest BCUT2D eigenvalue weighted by Crippen LogP contribution is -2.16. The number of carbonyl (C=O) groups excluding carboxylic acids is 1. The van der Waals surface area contributed by atoms with E-state index in [1.54, 1.807) is 26.5 Å². The van der Waals surface area contributed by atoms with E-state index in [0.29, 0.717) is 17.9 Å². The van der Waals surface area contributed by atoms with Crippen molar-refractivity contribution in [1.29, 1.82) is 0 Å². The van der Waals surface area contributed by atoms with Crippen LogP contribution in [0.25, 0.3) is 0 Å². The fourth-order valence-electron chi connectivity index (χ4n) is 2.04. The van der Waals surface area contributed by atoms with Gasteiger partial charge in [-0.05, 0) is 18.6 Å². The SMILES string of the molecule is CCCCCCCC(=O)N/N=C/c1ccc(OC)cc1OC. The van der Waals surface area contributed by atoms with E-state index in [0.717, 1.165) is 18.4 Å². The van der Waals surface area contributed by atoms with Crippen LogP contribution in [-0.2, 0) is 4.79 Å². The average molecular weight is 306 g/mol. The number of unbranched alkanes of at least 4 members (excludes halogenated alkanes) is 4. The number of methoxy groups -OCH3 is 2. The fraction of sp³-hybridized carbons (Fsp3) is 0.529. The van der Waals surface area contributed by atoms with Crippen LogP contribution in [0.5, 0.6) is 11.5 Å². The third-order valence-electron chi connectivity index (χ3n) is 3.34. The second-order valence-electron chi connectivity index (χ2n) is 5.07. The normalized spacial score (nSPS) is 10.7. The summed E-state index contributed by atoms with van der Waals surface area (Å²) in [7, 11) is 3.18. The molecule has 0 fully saturated rings. The molecule has 1 aromatic rings. The molecule has 0 atom stereocenters. The molecular weight excluding hydrogens is 280 g/mol. The summed E-state index contributed by atoms with van der Waals surface area (Å²) in [6.45, 7) is 2.18. The molecule has 0 spiro atoms. The van der Waals surface area contributed by atoms with Gasteiger partial charge in [-0.3, -0.25) is 4.79 Å². The molecule has 1 N–H and O–H groups in total. The van der Waals surface area contributed by atoms with Gasteiger partial charge < -0.3 is 9.47 Å². The lowest BCUT2D eigenvalue weighted by Gasteiger charge is -2.06. The molecule has 0 radical (unpaired) electrons. The molecule has 5 heteroatoms. The van der Waals surface area contributed by atoms with Crippen LogP contribution in [0, 0.1) is 0 Å². The Kier molecular flexibility index (Phi) is 8.72. The summed E-state index contributed by atoms with van der Waals surface area (Å²) in [5.41, 5.74) is 3.33. The number of hydrazone groups is 1. The maximum Gasteiger partial charge on any atom is 0.240 e. The monoisotopic (exact) mass is 306 g/mol. The van der Waals surface area contributed by atoms with Crippen molar-refractivity contribution < 1.29 is 14.3 Å². The highest BCUT2D eigenvalue weighted by Gasteiger charge is 2.03. The summed E-state index contributed by atoms with van der Waals surface area (Å²) in [5.74, 6) is 1.31. The third-order valence-corrected chi connectivity index (χ3v) is 3.34. The average Bonchev–Trinajstić information content (AvgIpc) is 2.54. The Morgan fingerprint density at radius 2 is 1.95 bits per heavy atom. The standard InChI is InChI=1S/C17H26N2O3/c1-4-5-6-7-8-9-17(20)19-18-13-14-10-11-15(21-2)12-16(14)22-3/h10-13H,4-9H2,1-3H3,(H,19,20)/b18-13+. The molecule has 1 rings (SSSR count). The van der Waals surface area contributed by atoms with Crippen molar-refractivity contribution in [2.24, 2.45) is 5.10 Å². The Balaban J connectivity index is 2.40. The summed E-state index contributed by atoms with van der Waals surface area (Å²) in [6, 6.07) is 5.43. The Bertz CT molecular complexity index is 487. The quantitative estimate of drug-likeness (QED) is 0.409. The topological polar surface area (TPSA) is 59.9 Å². The van der Waals surface area contributed by atoms with Crippen molar-refractivity contribution in [3.63, 3.8) is 0 Å². The first-order chi connectivity index (χ1) is 10.7. The molecule has 0 bridgehead atoms. The van der Waals surface area contributed by atoms with Crippen LogP contribution in [0.15, 0.2) is 23.3 Å². The first-order valence-corrected chi connectivity index (χ1v) is 7.75. The van der Waals surface area contributed by atoms with Gasteiger partial charge in [0.1, 0.15) is 11.5 Å². The van der Waals surface area contributed by atoms with E-state index in [9.17, 15) is 4.79 Å². The molecule has 1 amide bonds. The van der Waals surface area contributed by atoms with Crippen LogP contribution in [0.2, 0.25) is 0 Å². The minimum Gasteiger partial charge on any atom is -0.497 e. The predicted molar refractivity (Wildman–Crippen MR) is 88.7 cm³/mol. The zero-order chi connectivity index (χ0) is 16.2. The maximum absolute atomic E-state index is 11.6. The summed E-state index contributed by atoms with van der Waals surface area (Å²) < 4.78 is 10.4. The molecule has 5 nitrogen and oxygen atoms in total. The molecule has 22 heavy (non-hydrogen) atoms. The van der Waals surface area contributed by atoms with Gasteiger partial charge in [0.15, 0.2) is 0 Å². The number of nitrogens with one attached hydrogen (secondary N) is 1. The minimum atomic E-state index is -0.0553. The molecule has 0 unspecified atom stereocenters. The molecule has 0 aromatic heterocycles. The summed E-state index contributed by atoms with van der Waals surface area (Å²) in [6.07, 6.45) is 7.73. The highest BCUT2D eigenvalue weighted by molar-refractivity contribution is 5.85. The number of hydrogen-bond acceptors (Lipinski definition) is 4. The van der Waals surface area contributed by atoms with Crippen molar-refractivity contribution in [2.75, 3.05) is 14.2 Å². The number of amides is 1. The number of benzene rings is 1. The molecule has 122 valence electrons. The van der Waals surface area contributed by atoms with Crippen LogP contribution in [-0.4, -0.2) is 26.3 Å². The highest BCUT2D eigenvalue weighted by atomic mass is 16.5. The van der Waals surface area contributed by atoms with E-state index >= 15 is 0 Å². The molecule has 0 aliphatic rings. The number of ether oxygens (including phenoxy) is 2. The van der Waals surface area contributed by atoms with E-state index < -0.39 is 0 Å².